The SMILES string of the molecule is COc1cc(NCc2occc2Br)cc(OC)c1. The number of hydrogen-bond donors (Lipinski definition) is 1. The van der Waals surface area contributed by atoms with Crippen LogP contribution in [0, 0.1) is 0 Å². The summed E-state index contributed by atoms with van der Waals surface area (Å²) in [5.74, 6) is 2.34. The Balaban J connectivity index is 2.11. The molecule has 0 fully saturated rings. The van der Waals surface area contributed by atoms with Crippen molar-refractivity contribution in [2.45, 2.75) is 6.54 Å². The molecule has 96 valence electrons. The van der Waals surface area contributed by atoms with Crippen LogP contribution in [0.1, 0.15) is 5.76 Å². The molecule has 4 nitrogen and oxygen atoms in total. The van der Waals surface area contributed by atoms with E-state index in [1.54, 1.807) is 20.5 Å². The summed E-state index contributed by atoms with van der Waals surface area (Å²) in [5, 5.41) is 3.25. The molecular weight excluding hydrogens is 298 g/mol. The van der Waals surface area contributed by atoms with Crippen molar-refractivity contribution in [2.24, 2.45) is 0 Å². The molecule has 0 atom stereocenters. The number of hydrogen-bond acceptors (Lipinski definition) is 4. The molecule has 0 radical (unpaired) electrons. The van der Waals surface area contributed by atoms with Gasteiger partial charge in [0.2, 0.25) is 0 Å². The Morgan fingerprint density at radius 2 is 1.83 bits per heavy atom. The molecule has 0 aliphatic rings. The molecule has 0 aliphatic carbocycles. The highest BCUT2D eigenvalue weighted by Gasteiger charge is 2.05. The van der Waals surface area contributed by atoms with E-state index >= 15 is 0 Å². The largest absolute Gasteiger partial charge is 0.497 e. The van der Waals surface area contributed by atoms with Crippen LogP contribution in [0.2, 0.25) is 0 Å². The quantitative estimate of drug-likeness (QED) is 0.915. The van der Waals surface area contributed by atoms with E-state index in [1.165, 1.54) is 0 Å². The molecule has 0 bridgehead atoms. The monoisotopic (exact) mass is 311 g/mol. The van der Waals surface area contributed by atoms with Crippen LogP contribution in [0.25, 0.3) is 0 Å². The Kier molecular flexibility index (Phi) is 4.15. The Labute approximate surface area is 114 Å². The van der Waals surface area contributed by atoms with Crippen LogP contribution < -0.4 is 14.8 Å². The second-order valence-electron chi connectivity index (χ2n) is 3.65. The van der Waals surface area contributed by atoms with Crippen LogP contribution in [0.15, 0.2) is 39.4 Å². The van der Waals surface area contributed by atoms with Crippen LogP contribution in [0.5, 0.6) is 11.5 Å². The second-order valence-corrected chi connectivity index (χ2v) is 4.50. The summed E-state index contributed by atoms with van der Waals surface area (Å²) >= 11 is 3.41. The van der Waals surface area contributed by atoms with Gasteiger partial charge in [-0.15, -0.1) is 0 Å². The van der Waals surface area contributed by atoms with E-state index in [4.69, 9.17) is 13.9 Å². The first-order chi connectivity index (χ1) is 8.72. The molecule has 1 aromatic carbocycles. The third kappa shape index (κ3) is 2.98. The summed E-state index contributed by atoms with van der Waals surface area (Å²) < 4.78 is 16.7. The van der Waals surface area contributed by atoms with E-state index in [9.17, 15) is 0 Å². The highest BCUT2D eigenvalue weighted by molar-refractivity contribution is 9.10. The summed E-state index contributed by atoms with van der Waals surface area (Å²) in [7, 11) is 3.25. The second kappa shape index (κ2) is 5.82. The fourth-order valence-corrected chi connectivity index (χ4v) is 1.88. The summed E-state index contributed by atoms with van der Waals surface area (Å²) in [4.78, 5) is 0. The first-order valence-electron chi connectivity index (χ1n) is 5.41. The van der Waals surface area contributed by atoms with Gasteiger partial charge in [-0.25, -0.2) is 0 Å². The Morgan fingerprint density at radius 3 is 2.33 bits per heavy atom. The van der Waals surface area contributed by atoms with Crippen molar-refractivity contribution in [3.8, 4) is 11.5 Å². The maximum atomic E-state index is 5.33. The summed E-state index contributed by atoms with van der Waals surface area (Å²) in [6.07, 6.45) is 1.65. The van der Waals surface area contributed by atoms with Gasteiger partial charge in [0.05, 0.1) is 31.5 Å². The lowest BCUT2D eigenvalue weighted by Crippen LogP contribution is -1.99. The van der Waals surface area contributed by atoms with Crippen LogP contribution >= 0.6 is 15.9 Å². The minimum absolute atomic E-state index is 0.587. The number of benzene rings is 1. The van der Waals surface area contributed by atoms with Crippen LogP contribution in [0.4, 0.5) is 5.69 Å². The van der Waals surface area contributed by atoms with E-state index in [2.05, 4.69) is 21.2 Å². The van der Waals surface area contributed by atoms with E-state index in [1.807, 2.05) is 24.3 Å². The van der Waals surface area contributed by atoms with Gasteiger partial charge in [0.1, 0.15) is 17.3 Å². The van der Waals surface area contributed by atoms with Crippen molar-refractivity contribution >= 4 is 21.6 Å². The number of rotatable bonds is 5. The van der Waals surface area contributed by atoms with Crippen molar-refractivity contribution in [2.75, 3.05) is 19.5 Å². The zero-order chi connectivity index (χ0) is 13.0. The number of anilines is 1. The molecule has 0 saturated carbocycles. The minimum Gasteiger partial charge on any atom is -0.497 e. The van der Waals surface area contributed by atoms with E-state index in [0.717, 1.165) is 27.4 Å². The van der Waals surface area contributed by atoms with E-state index in [0.29, 0.717) is 6.54 Å². The van der Waals surface area contributed by atoms with Crippen LogP contribution in [-0.2, 0) is 6.54 Å². The molecule has 18 heavy (non-hydrogen) atoms. The standard InChI is InChI=1S/C13H14BrNO3/c1-16-10-5-9(6-11(7-10)17-2)15-8-13-12(14)3-4-18-13/h3-7,15H,8H2,1-2H3. The van der Waals surface area contributed by atoms with Gasteiger partial charge in [-0.05, 0) is 22.0 Å². The fourth-order valence-electron chi connectivity index (χ4n) is 1.54. The molecule has 5 heteroatoms. The van der Waals surface area contributed by atoms with Gasteiger partial charge >= 0.3 is 0 Å². The van der Waals surface area contributed by atoms with Crippen molar-refractivity contribution in [1.29, 1.82) is 0 Å². The van der Waals surface area contributed by atoms with E-state index in [-0.39, 0.29) is 0 Å². The van der Waals surface area contributed by atoms with Crippen LogP contribution in [0.3, 0.4) is 0 Å². The average Bonchev–Trinajstić information content (AvgIpc) is 2.81. The van der Waals surface area contributed by atoms with Crippen molar-refractivity contribution in [1.82, 2.24) is 0 Å². The van der Waals surface area contributed by atoms with Crippen molar-refractivity contribution in [3.63, 3.8) is 0 Å². The lowest BCUT2D eigenvalue weighted by atomic mass is 10.2. The predicted octanol–water partition coefficient (Wildman–Crippen LogP) is 3.67. The maximum Gasteiger partial charge on any atom is 0.136 e. The van der Waals surface area contributed by atoms with Crippen molar-refractivity contribution < 1.29 is 13.9 Å². The summed E-state index contributed by atoms with van der Waals surface area (Å²) in [6, 6.07) is 7.50. The van der Waals surface area contributed by atoms with Crippen molar-refractivity contribution in [3.05, 3.63) is 40.8 Å². The minimum atomic E-state index is 0.587. The van der Waals surface area contributed by atoms with Gasteiger partial charge in [0.15, 0.2) is 0 Å². The highest BCUT2D eigenvalue weighted by Crippen LogP contribution is 2.26. The molecule has 2 rings (SSSR count). The first-order valence-corrected chi connectivity index (χ1v) is 6.21. The summed E-state index contributed by atoms with van der Waals surface area (Å²) in [6.45, 7) is 0.587. The molecule has 0 unspecified atom stereocenters. The fraction of sp³-hybridized carbons (Fsp3) is 0.231. The Morgan fingerprint density at radius 1 is 1.17 bits per heavy atom. The number of nitrogens with one attached hydrogen (secondary N) is 1. The van der Waals surface area contributed by atoms with Gasteiger partial charge in [0.25, 0.3) is 0 Å². The number of ether oxygens (including phenoxy) is 2. The summed E-state index contributed by atoms with van der Waals surface area (Å²) in [5.41, 5.74) is 0.912. The number of furan rings is 1. The Hall–Kier alpha value is -1.62. The average molecular weight is 312 g/mol. The highest BCUT2D eigenvalue weighted by atomic mass is 79.9. The lowest BCUT2D eigenvalue weighted by molar-refractivity contribution is 0.394. The molecule has 0 amide bonds. The molecule has 0 saturated heterocycles. The molecule has 1 aromatic heterocycles. The molecule has 1 heterocycles. The van der Waals surface area contributed by atoms with Gasteiger partial charge in [-0.3, -0.25) is 0 Å². The first kappa shape index (κ1) is 12.8. The molecule has 2 aromatic rings. The molecule has 0 aliphatic heterocycles. The van der Waals surface area contributed by atoms with Gasteiger partial charge in [0, 0.05) is 23.9 Å². The zero-order valence-corrected chi connectivity index (χ0v) is 11.8. The van der Waals surface area contributed by atoms with Crippen LogP contribution in [-0.4, -0.2) is 14.2 Å². The lowest BCUT2D eigenvalue weighted by Gasteiger charge is -2.10. The molecular formula is C13H14BrNO3. The molecule has 0 spiro atoms. The zero-order valence-electron chi connectivity index (χ0n) is 10.2. The van der Waals surface area contributed by atoms with Gasteiger partial charge in [-0.1, -0.05) is 0 Å². The third-order valence-corrected chi connectivity index (χ3v) is 3.20. The number of methoxy groups -OCH3 is 2. The number of halogens is 1. The maximum absolute atomic E-state index is 5.33. The Bertz CT molecular complexity index is 502. The van der Waals surface area contributed by atoms with E-state index < -0.39 is 0 Å². The smallest absolute Gasteiger partial charge is 0.136 e. The van der Waals surface area contributed by atoms with Gasteiger partial charge < -0.3 is 19.2 Å². The predicted molar refractivity (Wildman–Crippen MR) is 73.3 cm³/mol. The van der Waals surface area contributed by atoms with Gasteiger partial charge in [-0.2, -0.15) is 0 Å². The third-order valence-electron chi connectivity index (χ3n) is 2.50. The topological polar surface area (TPSA) is 43.6 Å². The molecule has 1 N–H and O–H groups in total. The normalized spacial score (nSPS) is 10.2.